The highest BCUT2D eigenvalue weighted by Gasteiger charge is 2.34. The van der Waals surface area contributed by atoms with Gasteiger partial charge in [-0.3, -0.25) is 9.80 Å². The minimum Gasteiger partial charge on any atom is -0.367 e. The maximum Gasteiger partial charge on any atom is 0.393 e. The fraction of sp³-hybridized carbons (Fsp3) is 0.600. The first-order valence-corrected chi connectivity index (χ1v) is 20.1. The molecule has 0 spiro atoms. The molecule has 3 aromatic heterocycles. The van der Waals surface area contributed by atoms with E-state index in [2.05, 4.69) is 68.6 Å². The van der Waals surface area contributed by atoms with Crippen molar-refractivity contribution in [1.29, 1.82) is 0 Å². The van der Waals surface area contributed by atoms with E-state index in [0.717, 1.165) is 50.4 Å². The molecule has 10 nitrogen and oxygen atoms in total. The van der Waals surface area contributed by atoms with E-state index in [4.69, 9.17) is 5.73 Å². The van der Waals surface area contributed by atoms with E-state index in [1.165, 1.54) is 34.0 Å². The van der Waals surface area contributed by atoms with Crippen LogP contribution in [-0.4, -0.2) is 107 Å². The second-order valence-corrected chi connectivity index (χ2v) is 17.1. The average Bonchev–Trinajstić information content (AvgIpc) is 3.61. The molecule has 1 aromatic carbocycles. The van der Waals surface area contributed by atoms with Crippen LogP contribution in [0.25, 0.3) is 21.1 Å². The Hall–Kier alpha value is -2.82. The largest absolute Gasteiger partial charge is 0.393 e. The summed E-state index contributed by atoms with van der Waals surface area (Å²) in [7, 11) is -3.29. The van der Waals surface area contributed by atoms with Crippen LogP contribution in [0.15, 0.2) is 24.3 Å². The Balaban J connectivity index is 1.09. The number of benzene rings is 1. The van der Waals surface area contributed by atoms with Crippen LogP contribution in [0, 0.1) is 13.8 Å². The molecule has 274 valence electrons. The number of fused-ring (bicyclic) bond motifs is 2. The van der Waals surface area contributed by atoms with Gasteiger partial charge in [-0.25, -0.2) is 18.4 Å². The van der Waals surface area contributed by atoms with Gasteiger partial charge >= 0.3 is 6.18 Å². The fourth-order valence-corrected chi connectivity index (χ4v) is 9.76. The molecule has 0 aliphatic carbocycles. The van der Waals surface area contributed by atoms with E-state index in [-0.39, 0.29) is 23.0 Å². The lowest BCUT2D eigenvalue weighted by Crippen LogP contribution is -2.59. The van der Waals surface area contributed by atoms with Crippen LogP contribution >= 0.6 is 11.3 Å². The Kier molecular flexibility index (Phi) is 10.8. The number of nitrogens with zero attached hydrogens (tertiary/aromatic N) is 6. The first-order chi connectivity index (χ1) is 23.6. The molecular weight excluding hydrogens is 686 g/mol. The fourth-order valence-electron chi connectivity index (χ4n) is 7.58. The Morgan fingerprint density at radius 3 is 2.48 bits per heavy atom. The number of nitrogens with one attached hydrogen (secondary N) is 1. The second-order valence-electron chi connectivity index (χ2n) is 14.0. The predicted molar refractivity (Wildman–Crippen MR) is 195 cm³/mol. The van der Waals surface area contributed by atoms with Crippen molar-refractivity contribution in [2.75, 3.05) is 50.8 Å². The molecule has 6 rings (SSSR count). The molecule has 4 aromatic rings. The lowest BCUT2D eigenvalue weighted by molar-refractivity contribution is -0.126. The Morgan fingerprint density at radius 2 is 1.82 bits per heavy atom. The summed E-state index contributed by atoms with van der Waals surface area (Å²) < 4.78 is 67.7. The van der Waals surface area contributed by atoms with Gasteiger partial charge in [-0.05, 0) is 62.9 Å². The zero-order valence-electron chi connectivity index (χ0n) is 29.6. The number of anilines is 1. The van der Waals surface area contributed by atoms with Crippen molar-refractivity contribution in [2.45, 2.75) is 90.8 Å². The molecule has 0 radical (unpaired) electrons. The van der Waals surface area contributed by atoms with Gasteiger partial charge in [0.1, 0.15) is 16.5 Å². The predicted octanol–water partition coefficient (Wildman–Crippen LogP) is 5.30. The van der Waals surface area contributed by atoms with Crippen molar-refractivity contribution in [3.05, 3.63) is 51.8 Å². The van der Waals surface area contributed by atoms with Crippen LogP contribution < -0.4 is 11.1 Å². The molecule has 0 amide bonds. The maximum absolute atomic E-state index is 13.1. The Bertz CT molecular complexity index is 1940. The van der Waals surface area contributed by atoms with Gasteiger partial charge < -0.3 is 15.6 Å². The Morgan fingerprint density at radius 1 is 1.08 bits per heavy atom. The molecule has 1 unspecified atom stereocenters. The van der Waals surface area contributed by atoms with E-state index in [0.29, 0.717) is 54.5 Å². The molecule has 2 atom stereocenters. The topological polar surface area (TPSA) is 113 Å². The number of hydrogen-bond acceptors (Lipinski definition) is 9. The van der Waals surface area contributed by atoms with Crippen molar-refractivity contribution in [1.82, 2.24) is 28.6 Å². The lowest BCUT2D eigenvalue weighted by Gasteiger charge is -2.42. The van der Waals surface area contributed by atoms with E-state index in [1.54, 1.807) is 10.4 Å². The van der Waals surface area contributed by atoms with Crippen LogP contribution in [0.4, 0.5) is 19.0 Å². The quantitative estimate of drug-likeness (QED) is 0.214. The molecule has 5 heterocycles. The molecule has 15 heteroatoms. The molecule has 3 N–H and O–H groups in total. The molecule has 0 saturated carbocycles. The molecule has 2 aliphatic heterocycles. The minimum atomic E-state index is -4.26. The summed E-state index contributed by atoms with van der Waals surface area (Å²) in [6.07, 6.45) is -1.53. The van der Waals surface area contributed by atoms with Crippen LogP contribution in [0.1, 0.15) is 54.2 Å². The summed E-state index contributed by atoms with van der Waals surface area (Å²) in [5.41, 5.74) is 11.0. The monoisotopic (exact) mass is 734 g/mol. The number of aryl methyl sites for hydroxylation is 3. The van der Waals surface area contributed by atoms with Gasteiger partial charge in [0.15, 0.2) is 0 Å². The highest BCUT2D eigenvalue weighted by atomic mass is 32.2. The van der Waals surface area contributed by atoms with Gasteiger partial charge in [-0.1, -0.05) is 13.0 Å². The summed E-state index contributed by atoms with van der Waals surface area (Å²) in [6, 6.07) is 8.52. The normalized spacial score (nSPS) is 19.9. The summed E-state index contributed by atoms with van der Waals surface area (Å²) in [5, 5.41) is 5.49. The van der Waals surface area contributed by atoms with E-state index in [9.17, 15) is 21.6 Å². The Labute approximate surface area is 296 Å². The molecule has 2 aliphatic rings. The third-order valence-electron chi connectivity index (χ3n) is 10.4. The molecule has 0 bridgehead atoms. The van der Waals surface area contributed by atoms with Crippen molar-refractivity contribution in [3.8, 4) is 0 Å². The van der Waals surface area contributed by atoms with Crippen molar-refractivity contribution in [3.63, 3.8) is 0 Å². The SMILES string of the molecule is CCc1nc(NC2CCN(Cc3ccc4c(cc(C)n4C[C@H](C)N4CCN(S(C)(=O)=O)C(CN)C4)c3C)CC2)c2cc(CC(F)(F)F)sc2n1. The number of alkyl halides is 3. The van der Waals surface area contributed by atoms with Crippen molar-refractivity contribution >= 4 is 48.3 Å². The zero-order valence-corrected chi connectivity index (χ0v) is 31.2. The summed E-state index contributed by atoms with van der Waals surface area (Å²) in [5.74, 6) is 1.27. The van der Waals surface area contributed by atoms with Crippen LogP contribution in [0.5, 0.6) is 0 Å². The standard InChI is InChI=1S/C35H49F3N8O2S2/c1-6-32-41-33(30-16-28(17-35(36,37)38)49-34(30)42-32)40-26-9-11-43(12-10-26)20-25-7-8-31-29(24(25)4)15-22(2)45(31)19-23(3)44-13-14-46(50(5,47)48)27(18-39)21-44/h7-8,15-16,23,26-27H,6,9-14,17-21,39H2,1-5H3,(H,40,41,42)/t23-,27?/m0/s1. The molecule has 2 saturated heterocycles. The summed E-state index contributed by atoms with van der Waals surface area (Å²) in [4.78, 5) is 14.9. The number of sulfonamides is 1. The minimum absolute atomic E-state index is 0.178. The number of aromatic nitrogens is 3. The number of rotatable bonds is 11. The second kappa shape index (κ2) is 14.7. The van der Waals surface area contributed by atoms with Gasteiger partial charge in [-0.15, -0.1) is 11.3 Å². The number of nitrogens with two attached hydrogens (primary N) is 1. The highest BCUT2D eigenvalue weighted by molar-refractivity contribution is 7.88. The van der Waals surface area contributed by atoms with Gasteiger partial charge in [0, 0.05) is 98.4 Å². The number of halogens is 3. The molecular formula is C35H49F3N8O2S2. The van der Waals surface area contributed by atoms with Gasteiger partial charge in [-0.2, -0.15) is 17.5 Å². The highest BCUT2D eigenvalue weighted by Crippen LogP contribution is 2.34. The average molecular weight is 735 g/mol. The lowest BCUT2D eigenvalue weighted by atomic mass is 10.0. The van der Waals surface area contributed by atoms with Crippen LogP contribution in [0.2, 0.25) is 0 Å². The van der Waals surface area contributed by atoms with E-state index in [1.807, 2.05) is 6.92 Å². The maximum atomic E-state index is 13.1. The van der Waals surface area contributed by atoms with E-state index >= 15 is 0 Å². The number of piperazine rings is 1. The smallest absolute Gasteiger partial charge is 0.367 e. The first kappa shape index (κ1) is 37.0. The summed E-state index contributed by atoms with van der Waals surface area (Å²) in [6.45, 7) is 14.0. The van der Waals surface area contributed by atoms with Crippen molar-refractivity contribution < 1.29 is 21.6 Å². The van der Waals surface area contributed by atoms with Gasteiger partial charge in [0.05, 0.1) is 18.1 Å². The van der Waals surface area contributed by atoms with Crippen LogP contribution in [0.3, 0.4) is 0 Å². The number of likely N-dealkylation sites (tertiary alicyclic amines) is 1. The van der Waals surface area contributed by atoms with E-state index < -0.39 is 22.6 Å². The van der Waals surface area contributed by atoms with Gasteiger partial charge in [0.25, 0.3) is 0 Å². The zero-order chi connectivity index (χ0) is 36.0. The molecule has 2 fully saturated rings. The number of hydrogen-bond donors (Lipinski definition) is 2. The van der Waals surface area contributed by atoms with Gasteiger partial charge in [0.2, 0.25) is 10.0 Å². The third-order valence-corrected chi connectivity index (χ3v) is 12.8. The van der Waals surface area contributed by atoms with Crippen LogP contribution in [-0.2, 0) is 36.0 Å². The summed E-state index contributed by atoms with van der Waals surface area (Å²) >= 11 is 1.10. The third kappa shape index (κ3) is 8.13. The van der Waals surface area contributed by atoms with Crippen molar-refractivity contribution in [2.24, 2.45) is 5.73 Å². The first-order valence-electron chi connectivity index (χ1n) is 17.5. The number of thiophene rings is 1. The number of piperidine rings is 1. The molecule has 50 heavy (non-hydrogen) atoms.